The lowest BCUT2D eigenvalue weighted by molar-refractivity contribution is -0.149. The van der Waals surface area contributed by atoms with Crippen LogP contribution < -0.4 is 25.5 Å². The van der Waals surface area contributed by atoms with E-state index in [-0.39, 0.29) is 67.1 Å². The molecule has 2 saturated heterocycles. The zero-order valence-electron chi connectivity index (χ0n) is 33.9. The van der Waals surface area contributed by atoms with Gasteiger partial charge < -0.3 is 39.8 Å². The van der Waals surface area contributed by atoms with Gasteiger partial charge in [-0.15, -0.1) is 0 Å². The minimum atomic E-state index is -2.58. The molecule has 2 fully saturated rings. The number of aliphatic hydroxyl groups is 1. The Balaban J connectivity index is 1.41. The zero-order chi connectivity index (χ0) is 40.7. The Kier molecular flexibility index (Phi) is 13.5. The molecular weight excluding hydrogens is 741 g/mol. The number of nitrogens with one attached hydrogen (secondary N) is 2. The number of hydrogen-bond donors (Lipinski definition) is 3. The Hall–Kier alpha value is -4.56. The highest BCUT2D eigenvalue weighted by molar-refractivity contribution is 6.91. The number of carbonyl (C=O) groups is 4. The Morgan fingerprint density at radius 2 is 1.81 bits per heavy atom. The molecule has 3 aliphatic heterocycles. The average molecular weight is 799 g/mol. The number of piperidine rings is 1. The van der Waals surface area contributed by atoms with E-state index in [4.69, 9.17) is 14.2 Å². The molecule has 3 aliphatic rings. The largest absolute Gasteiger partial charge is 0.497 e. The summed E-state index contributed by atoms with van der Waals surface area (Å²) in [5.74, 6) is -0.548. The van der Waals surface area contributed by atoms with Crippen LogP contribution >= 0.6 is 0 Å². The van der Waals surface area contributed by atoms with Gasteiger partial charge in [-0.1, -0.05) is 67.7 Å². The van der Waals surface area contributed by atoms with E-state index in [1.807, 2.05) is 60.7 Å². The van der Waals surface area contributed by atoms with E-state index in [0.29, 0.717) is 49.4 Å². The van der Waals surface area contributed by atoms with Crippen LogP contribution in [0.2, 0.25) is 18.6 Å². The van der Waals surface area contributed by atoms with Crippen molar-refractivity contribution in [3.05, 3.63) is 83.9 Å². The Labute approximate surface area is 337 Å². The van der Waals surface area contributed by atoms with Crippen LogP contribution in [0, 0.1) is 11.8 Å². The molecule has 3 amide bonds. The number of amides is 3. The summed E-state index contributed by atoms with van der Waals surface area (Å²) >= 11 is 0. The van der Waals surface area contributed by atoms with E-state index in [2.05, 4.69) is 42.8 Å². The van der Waals surface area contributed by atoms with Gasteiger partial charge in [-0.25, -0.2) is 0 Å². The normalized spacial score (nSPS) is 23.0. The van der Waals surface area contributed by atoms with Crippen LogP contribution in [0.5, 0.6) is 5.75 Å². The quantitative estimate of drug-likeness (QED) is 0.104. The predicted molar refractivity (Wildman–Crippen MR) is 222 cm³/mol. The fraction of sp³-hybridized carbons (Fsp3) is 0.500. The molecule has 6 rings (SSSR count). The van der Waals surface area contributed by atoms with Crippen LogP contribution in [0.15, 0.2) is 72.8 Å². The minimum Gasteiger partial charge on any atom is -0.497 e. The summed E-state index contributed by atoms with van der Waals surface area (Å²) in [4.78, 5) is 58.5. The van der Waals surface area contributed by atoms with E-state index in [1.54, 1.807) is 16.9 Å². The van der Waals surface area contributed by atoms with Gasteiger partial charge in [0.1, 0.15) is 5.75 Å². The second-order valence-electron chi connectivity index (χ2n) is 16.1. The first kappa shape index (κ1) is 42.1. The fourth-order valence-electron chi connectivity index (χ4n) is 9.29. The predicted octanol–water partition coefficient (Wildman–Crippen LogP) is 4.95. The highest BCUT2D eigenvalue weighted by atomic mass is 28.3. The van der Waals surface area contributed by atoms with Crippen molar-refractivity contribution in [3.63, 3.8) is 0 Å². The highest BCUT2D eigenvalue weighted by Gasteiger charge is 2.66. The minimum absolute atomic E-state index is 0.0169. The van der Waals surface area contributed by atoms with Crippen LogP contribution in [0.1, 0.15) is 56.6 Å². The second-order valence-corrected chi connectivity index (χ2v) is 20.8. The van der Waals surface area contributed by atoms with Gasteiger partial charge in [0.2, 0.25) is 11.8 Å². The van der Waals surface area contributed by atoms with Gasteiger partial charge in [0.15, 0.2) is 5.60 Å². The molecule has 13 heteroatoms. The summed E-state index contributed by atoms with van der Waals surface area (Å²) in [5.41, 5.74) is 1.25. The van der Waals surface area contributed by atoms with Crippen molar-refractivity contribution in [3.8, 4) is 5.75 Å². The molecule has 3 N–H and O–H groups in total. The smallest absolute Gasteiger partial charge is 0.305 e. The summed E-state index contributed by atoms with van der Waals surface area (Å²) in [7, 11) is 0.423. The monoisotopic (exact) mass is 798 g/mol. The molecule has 1 spiro atoms. The molecule has 0 aromatic heterocycles. The van der Waals surface area contributed by atoms with Crippen LogP contribution in [0.3, 0.4) is 0 Å². The van der Waals surface area contributed by atoms with Gasteiger partial charge in [0.25, 0.3) is 5.91 Å². The number of fused-ring (bicyclic) bond motifs is 2. The first-order chi connectivity index (χ1) is 27.4. The summed E-state index contributed by atoms with van der Waals surface area (Å²) in [6.45, 7) is 8.77. The van der Waals surface area contributed by atoms with Gasteiger partial charge >= 0.3 is 5.97 Å². The molecule has 5 atom stereocenters. The van der Waals surface area contributed by atoms with Crippen molar-refractivity contribution < 1.29 is 38.5 Å². The number of ether oxygens (including phenoxy) is 3. The Morgan fingerprint density at radius 3 is 2.47 bits per heavy atom. The highest BCUT2D eigenvalue weighted by Crippen LogP contribution is 2.60. The number of esters is 1. The fourth-order valence-corrected chi connectivity index (χ4v) is 13.3. The molecular formula is C44H58N4O8Si. The first-order valence-electron chi connectivity index (χ1n) is 20.2. The maximum atomic E-state index is 15.2. The SMILES string of the molecule is COC(=O)CCCCN1C(=O)[C@]2(O[C@H](CC(=O)N(CCO)Cc3ccccc3)[C@@H]([Si](C)(C)c3ccc(OC)cc3)[C@@H]2C)c2cc(NC(=O)C3CCCNC3)ccc21. The number of nitrogens with zero attached hydrogens (tertiary/aromatic N) is 2. The zero-order valence-corrected chi connectivity index (χ0v) is 34.9. The van der Waals surface area contributed by atoms with Crippen LogP contribution in [-0.2, 0) is 40.8 Å². The third-order valence-electron chi connectivity index (χ3n) is 12.3. The Morgan fingerprint density at radius 1 is 1.05 bits per heavy atom. The standard InChI is InChI=1S/C44H58N4O8Si/c1-30-41(57(4,5)35-19-17-34(54-2)18-20-35)38(27-39(50)47(24-25-49)29-31-12-7-6-8-13-31)56-44(30)36-26-33(46-42(52)32-14-11-22-45-28-32)16-21-37(36)48(43(44)53)23-10-9-15-40(51)55-3/h6-8,12-13,16-21,26,30,32,38,41,45,49H,9-11,14-15,22-25,27-29H2,1-5H3,(H,46,52)/t30-,32?,38+,41-,44+/m0/s1. The number of anilines is 2. The number of benzene rings is 3. The van der Waals surface area contributed by atoms with Gasteiger partial charge in [-0.3, -0.25) is 19.2 Å². The molecule has 57 heavy (non-hydrogen) atoms. The first-order valence-corrected chi connectivity index (χ1v) is 23.3. The third kappa shape index (κ3) is 8.81. The average Bonchev–Trinajstić information content (AvgIpc) is 3.65. The Bertz CT molecular complexity index is 1890. The molecule has 0 saturated carbocycles. The number of rotatable bonds is 16. The topological polar surface area (TPSA) is 147 Å². The third-order valence-corrected chi connectivity index (χ3v) is 16.7. The molecule has 306 valence electrons. The van der Waals surface area contributed by atoms with E-state index in [0.717, 1.165) is 35.9 Å². The molecule has 3 heterocycles. The lowest BCUT2D eigenvalue weighted by atomic mass is 9.82. The number of methoxy groups -OCH3 is 2. The lowest BCUT2D eigenvalue weighted by Gasteiger charge is -2.37. The molecule has 1 unspecified atom stereocenters. The summed E-state index contributed by atoms with van der Waals surface area (Å²) in [5, 5.41) is 17.6. The van der Waals surface area contributed by atoms with Crippen molar-refractivity contribution in [2.45, 2.75) is 82.3 Å². The molecule has 12 nitrogen and oxygen atoms in total. The van der Waals surface area contributed by atoms with Crippen LogP contribution in [0.4, 0.5) is 11.4 Å². The van der Waals surface area contributed by atoms with Gasteiger partial charge in [-0.2, -0.15) is 0 Å². The molecule has 0 aliphatic carbocycles. The van der Waals surface area contributed by atoms with Gasteiger partial charge in [0.05, 0.1) is 53.0 Å². The van der Waals surface area contributed by atoms with Crippen molar-refractivity contribution in [1.82, 2.24) is 10.2 Å². The van der Waals surface area contributed by atoms with E-state index < -0.39 is 19.8 Å². The molecule has 0 bridgehead atoms. The van der Waals surface area contributed by atoms with Crippen molar-refractivity contribution in [2.24, 2.45) is 11.8 Å². The van der Waals surface area contributed by atoms with Crippen LogP contribution in [0.25, 0.3) is 0 Å². The number of aliphatic hydroxyl groups excluding tert-OH is 1. The lowest BCUT2D eigenvalue weighted by Crippen LogP contribution is -2.52. The van der Waals surface area contributed by atoms with Gasteiger partial charge in [0, 0.05) is 49.8 Å². The van der Waals surface area contributed by atoms with Gasteiger partial charge in [-0.05, 0) is 73.7 Å². The maximum Gasteiger partial charge on any atom is 0.305 e. The van der Waals surface area contributed by atoms with E-state index in [1.165, 1.54) is 7.11 Å². The van der Waals surface area contributed by atoms with Crippen molar-refractivity contribution >= 4 is 48.3 Å². The number of hydrogen-bond acceptors (Lipinski definition) is 9. The molecule has 3 aromatic carbocycles. The summed E-state index contributed by atoms with van der Waals surface area (Å²) in [6, 6.07) is 23.4. The summed E-state index contributed by atoms with van der Waals surface area (Å²) in [6.07, 6.45) is 2.44. The van der Waals surface area contributed by atoms with Crippen molar-refractivity contribution in [1.29, 1.82) is 0 Å². The summed E-state index contributed by atoms with van der Waals surface area (Å²) < 4.78 is 17.6. The number of unbranched alkanes of at least 4 members (excludes halogenated alkanes) is 1. The maximum absolute atomic E-state index is 15.2. The molecule has 3 aromatic rings. The molecule has 0 radical (unpaired) electrons. The van der Waals surface area contributed by atoms with E-state index in [9.17, 15) is 19.5 Å². The van der Waals surface area contributed by atoms with Crippen molar-refractivity contribution in [2.75, 3.05) is 57.2 Å². The van der Waals surface area contributed by atoms with E-state index >= 15 is 4.79 Å². The number of carbonyl (C=O) groups excluding carboxylic acids is 4. The van der Waals surface area contributed by atoms with Crippen LogP contribution in [-0.4, -0.2) is 94.9 Å². The second kappa shape index (κ2) is 18.4.